The van der Waals surface area contributed by atoms with Crippen LogP contribution in [-0.4, -0.2) is 66.7 Å². The van der Waals surface area contributed by atoms with Crippen molar-refractivity contribution in [2.75, 3.05) is 61.9 Å². The zero-order chi connectivity index (χ0) is 29.2. The van der Waals surface area contributed by atoms with E-state index in [0.29, 0.717) is 31.9 Å². The summed E-state index contributed by atoms with van der Waals surface area (Å²) in [7, 11) is 4.16. The zero-order valence-electron chi connectivity index (χ0n) is 24.4. The summed E-state index contributed by atoms with van der Waals surface area (Å²) in [5.74, 6) is 1.40. The Kier molecular flexibility index (Phi) is 8.40. The maximum absolute atomic E-state index is 13.8. The van der Waals surface area contributed by atoms with E-state index in [1.54, 1.807) is 4.90 Å². The maximum Gasteiger partial charge on any atom is 0.419 e. The first kappa shape index (κ1) is 29.1. The molecule has 0 bridgehead atoms. The van der Waals surface area contributed by atoms with E-state index in [1.165, 1.54) is 24.2 Å². The van der Waals surface area contributed by atoms with E-state index in [1.807, 2.05) is 0 Å². The minimum atomic E-state index is -4.47. The van der Waals surface area contributed by atoms with Gasteiger partial charge in [-0.1, -0.05) is 26.0 Å². The number of hydrogen-bond donors (Lipinski definition) is 1. The lowest BCUT2D eigenvalue weighted by Gasteiger charge is -2.29. The van der Waals surface area contributed by atoms with Gasteiger partial charge < -0.3 is 20.0 Å². The number of halogens is 3. The van der Waals surface area contributed by atoms with Gasteiger partial charge in [0.05, 0.1) is 11.3 Å². The summed E-state index contributed by atoms with van der Waals surface area (Å²) in [6, 6.07) is 10.9. The summed E-state index contributed by atoms with van der Waals surface area (Å²) >= 11 is 0. The summed E-state index contributed by atoms with van der Waals surface area (Å²) in [5, 5.41) is 3.55. The molecule has 1 N–H and O–H groups in total. The number of aromatic nitrogens is 3. The lowest BCUT2D eigenvalue weighted by molar-refractivity contribution is -0.137. The van der Waals surface area contributed by atoms with Gasteiger partial charge in [0, 0.05) is 62.0 Å². The van der Waals surface area contributed by atoms with E-state index in [2.05, 4.69) is 72.3 Å². The van der Waals surface area contributed by atoms with E-state index < -0.39 is 11.7 Å². The second-order valence-corrected chi connectivity index (χ2v) is 12.0. The fraction of sp³-hybridized carbons (Fsp3) is 0.516. The first-order valence-corrected chi connectivity index (χ1v) is 14.5. The highest BCUT2D eigenvalue weighted by Crippen LogP contribution is 2.37. The van der Waals surface area contributed by atoms with E-state index in [-0.39, 0.29) is 11.2 Å². The average Bonchev–Trinajstić information content (AvgIpc) is 3.16. The number of pyridine rings is 1. The number of nitrogens with zero attached hydrogens (tertiary/aromatic N) is 6. The Hall–Kier alpha value is -3.40. The Labute approximate surface area is 240 Å². The minimum absolute atomic E-state index is 0.000336. The second-order valence-electron chi connectivity index (χ2n) is 12.0. The number of alkyl halides is 3. The zero-order valence-corrected chi connectivity index (χ0v) is 24.4. The molecule has 1 saturated heterocycles. The van der Waals surface area contributed by atoms with Gasteiger partial charge in [0.1, 0.15) is 11.6 Å². The maximum atomic E-state index is 13.8. The van der Waals surface area contributed by atoms with Crippen LogP contribution in [0.15, 0.2) is 42.6 Å². The van der Waals surface area contributed by atoms with Crippen molar-refractivity contribution in [2.24, 2.45) is 0 Å². The largest absolute Gasteiger partial charge is 0.419 e. The van der Waals surface area contributed by atoms with E-state index in [4.69, 9.17) is 9.97 Å². The molecule has 220 valence electrons. The summed E-state index contributed by atoms with van der Waals surface area (Å²) in [6.45, 7) is 8.02. The van der Waals surface area contributed by atoms with Gasteiger partial charge in [-0.3, -0.25) is 0 Å². The fourth-order valence-corrected chi connectivity index (χ4v) is 6.03. The molecule has 0 aliphatic carbocycles. The smallest absolute Gasteiger partial charge is 0.355 e. The molecule has 0 spiro atoms. The van der Waals surface area contributed by atoms with Crippen molar-refractivity contribution in [1.29, 1.82) is 0 Å². The highest BCUT2D eigenvalue weighted by atomic mass is 19.4. The Morgan fingerprint density at radius 2 is 1.59 bits per heavy atom. The standard InChI is InChI=1S/C31H40F3N7/c1-30(2,21-39(3)4)22-10-12-23(13-11-22)36-27-24-14-19-40(28-25(31(32,33)34)9-8-16-35-28)20-15-26(24)37-29(38-27)41-17-6-5-7-18-41/h8-13,16H,5-7,14-15,17-21H2,1-4H3,(H,36,37,38). The number of piperidine rings is 1. The highest BCUT2D eigenvalue weighted by molar-refractivity contribution is 5.63. The molecule has 0 saturated carbocycles. The van der Waals surface area contributed by atoms with Crippen LogP contribution in [-0.2, 0) is 24.4 Å². The SMILES string of the molecule is CN(C)CC(C)(C)c1ccc(Nc2nc(N3CCCCC3)nc3c2CCN(c2ncccc2C(F)(F)F)CC3)cc1. The normalized spacial score (nSPS) is 16.5. The third-order valence-corrected chi connectivity index (χ3v) is 8.00. The van der Waals surface area contributed by atoms with Crippen LogP contribution >= 0.6 is 0 Å². The number of nitrogens with one attached hydrogen (secondary N) is 1. The van der Waals surface area contributed by atoms with Gasteiger partial charge in [0.15, 0.2) is 0 Å². The molecule has 0 amide bonds. The molecule has 2 aromatic heterocycles. The van der Waals surface area contributed by atoms with Crippen molar-refractivity contribution >= 4 is 23.3 Å². The monoisotopic (exact) mass is 567 g/mol. The van der Waals surface area contributed by atoms with Gasteiger partial charge in [-0.05, 0) is 69.6 Å². The molecule has 1 aromatic carbocycles. The number of hydrogen-bond acceptors (Lipinski definition) is 7. The molecular formula is C31H40F3N7. The van der Waals surface area contributed by atoms with Crippen LogP contribution < -0.4 is 15.1 Å². The summed E-state index contributed by atoms with van der Waals surface area (Å²) in [4.78, 5) is 20.3. The van der Waals surface area contributed by atoms with Crippen LogP contribution in [0.1, 0.15) is 55.5 Å². The molecule has 0 atom stereocenters. The van der Waals surface area contributed by atoms with Gasteiger partial charge in [-0.15, -0.1) is 0 Å². The van der Waals surface area contributed by atoms with Gasteiger partial charge in [0.2, 0.25) is 5.95 Å². The molecular weight excluding hydrogens is 527 g/mol. The Balaban J connectivity index is 1.45. The number of anilines is 4. The molecule has 2 aliphatic heterocycles. The predicted molar refractivity (Wildman–Crippen MR) is 158 cm³/mol. The van der Waals surface area contributed by atoms with E-state index in [0.717, 1.165) is 61.3 Å². The van der Waals surface area contributed by atoms with Gasteiger partial charge in [-0.2, -0.15) is 18.2 Å². The van der Waals surface area contributed by atoms with Crippen molar-refractivity contribution in [2.45, 2.75) is 57.5 Å². The molecule has 41 heavy (non-hydrogen) atoms. The number of fused-ring (bicyclic) bond motifs is 1. The van der Waals surface area contributed by atoms with Crippen LogP contribution in [0.2, 0.25) is 0 Å². The Bertz CT molecular complexity index is 1330. The lowest BCUT2D eigenvalue weighted by atomic mass is 9.84. The van der Waals surface area contributed by atoms with Crippen molar-refractivity contribution in [1.82, 2.24) is 19.9 Å². The second kappa shape index (κ2) is 11.8. The van der Waals surface area contributed by atoms with Crippen molar-refractivity contribution in [3.63, 3.8) is 0 Å². The fourth-order valence-electron chi connectivity index (χ4n) is 6.03. The van der Waals surface area contributed by atoms with Crippen molar-refractivity contribution in [3.05, 3.63) is 65.0 Å². The van der Waals surface area contributed by atoms with Crippen molar-refractivity contribution in [3.8, 4) is 0 Å². The summed E-state index contributed by atoms with van der Waals surface area (Å²) < 4.78 is 41.4. The van der Waals surface area contributed by atoms with Gasteiger partial charge in [-0.25, -0.2) is 9.97 Å². The van der Waals surface area contributed by atoms with E-state index in [9.17, 15) is 13.2 Å². The Morgan fingerprint density at radius 3 is 2.27 bits per heavy atom. The van der Waals surface area contributed by atoms with Crippen LogP contribution in [0.4, 0.5) is 36.4 Å². The molecule has 0 unspecified atom stereocenters. The van der Waals surface area contributed by atoms with Crippen molar-refractivity contribution < 1.29 is 13.2 Å². The average molecular weight is 568 g/mol. The number of benzene rings is 1. The van der Waals surface area contributed by atoms with Gasteiger partial charge in [0.25, 0.3) is 0 Å². The minimum Gasteiger partial charge on any atom is -0.355 e. The van der Waals surface area contributed by atoms with Crippen LogP contribution in [0, 0.1) is 0 Å². The Morgan fingerprint density at radius 1 is 0.878 bits per heavy atom. The molecule has 5 rings (SSSR count). The van der Waals surface area contributed by atoms with Crippen LogP contribution in [0.3, 0.4) is 0 Å². The quantitative estimate of drug-likeness (QED) is 0.372. The number of likely N-dealkylation sites (N-methyl/N-ethyl adjacent to an activating group) is 1. The molecule has 4 heterocycles. The third kappa shape index (κ3) is 6.74. The molecule has 10 heteroatoms. The molecule has 1 fully saturated rings. The van der Waals surface area contributed by atoms with E-state index >= 15 is 0 Å². The third-order valence-electron chi connectivity index (χ3n) is 8.00. The first-order chi connectivity index (χ1) is 19.5. The first-order valence-electron chi connectivity index (χ1n) is 14.5. The van der Waals surface area contributed by atoms with Crippen LogP contribution in [0.5, 0.6) is 0 Å². The summed E-state index contributed by atoms with van der Waals surface area (Å²) in [6.07, 6.45) is 1.38. The lowest BCUT2D eigenvalue weighted by Crippen LogP contribution is -2.32. The number of rotatable bonds is 7. The predicted octanol–water partition coefficient (Wildman–Crippen LogP) is 6.07. The molecule has 0 radical (unpaired) electrons. The molecule has 3 aromatic rings. The summed E-state index contributed by atoms with van der Waals surface area (Å²) in [5.41, 5.74) is 3.30. The molecule has 7 nitrogen and oxygen atoms in total. The van der Waals surface area contributed by atoms with Crippen LogP contribution in [0.25, 0.3) is 0 Å². The van der Waals surface area contributed by atoms with Gasteiger partial charge >= 0.3 is 6.18 Å². The molecule has 2 aliphatic rings. The topological polar surface area (TPSA) is 60.4 Å². The highest BCUT2D eigenvalue weighted by Gasteiger charge is 2.36.